The van der Waals surface area contributed by atoms with Crippen molar-refractivity contribution in [1.29, 1.82) is 0 Å². The molecule has 18 heavy (non-hydrogen) atoms. The van der Waals surface area contributed by atoms with Gasteiger partial charge in [-0.25, -0.2) is 0 Å². The molecule has 1 saturated carbocycles. The second kappa shape index (κ2) is 8.19. The molecule has 0 amide bonds. The van der Waals surface area contributed by atoms with Crippen molar-refractivity contribution in [2.45, 2.75) is 39.2 Å². The van der Waals surface area contributed by atoms with Crippen LogP contribution in [0.2, 0.25) is 0 Å². The van der Waals surface area contributed by atoms with Gasteiger partial charge in [0.2, 0.25) is 0 Å². The van der Waals surface area contributed by atoms with E-state index in [4.69, 9.17) is 0 Å². The van der Waals surface area contributed by atoms with Crippen molar-refractivity contribution in [1.82, 2.24) is 15.5 Å². The Morgan fingerprint density at radius 1 is 1.28 bits per heavy atom. The minimum absolute atomic E-state index is 0. The first-order valence-corrected chi connectivity index (χ1v) is 6.65. The molecule has 0 unspecified atom stereocenters. The molecule has 5 heteroatoms. The van der Waals surface area contributed by atoms with Gasteiger partial charge in [-0.3, -0.25) is 4.99 Å². The Morgan fingerprint density at radius 2 is 1.89 bits per heavy atom. The third-order valence-corrected chi connectivity index (χ3v) is 3.43. The number of aliphatic imine (C=N–C) groups is 1. The van der Waals surface area contributed by atoms with Crippen molar-refractivity contribution >= 4 is 29.9 Å². The highest BCUT2D eigenvalue weighted by molar-refractivity contribution is 14.0. The van der Waals surface area contributed by atoms with E-state index in [1.165, 1.54) is 12.8 Å². The first-order valence-electron chi connectivity index (χ1n) is 6.65. The quantitative estimate of drug-likeness (QED) is 0.428. The maximum Gasteiger partial charge on any atom is 0.191 e. The summed E-state index contributed by atoms with van der Waals surface area (Å²) in [6.07, 6.45) is 2.74. The van der Waals surface area contributed by atoms with E-state index in [0.717, 1.165) is 31.5 Å². The summed E-state index contributed by atoms with van der Waals surface area (Å²) in [7, 11) is 4.19. The van der Waals surface area contributed by atoms with Crippen LogP contribution in [0, 0.1) is 5.92 Å². The molecule has 1 aliphatic rings. The van der Waals surface area contributed by atoms with Gasteiger partial charge in [0.05, 0.1) is 6.54 Å². The summed E-state index contributed by atoms with van der Waals surface area (Å²) in [5.74, 6) is 1.83. The Hall–Kier alpha value is -0.0400. The Bertz CT molecular complexity index is 260. The lowest BCUT2D eigenvalue weighted by molar-refractivity contribution is 0.204. The molecule has 0 heterocycles. The lowest BCUT2D eigenvalue weighted by Crippen LogP contribution is -2.44. The molecule has 0 saturated heterocycles. The van der Waals surface area contributed by atoms with Crippen LogP contribution in [0.25, 0.3) is 0 Å². The van der Waals surface area contributed by atoms with Crippen molar-refractivity contribution in [2.24, 2.45) is 10.9 Å². The number of nitrogens with zero attached hydrogens (tertiary/aromatic N) is 2. The van der Waals surface area contributed by atoms with E-state index in [0.29, 0.717) is 0 Å². The Kier molecular flexibility index (Phi) is 8.18. The van der Waals surface area contributed by atoms with Crippen LogP contribution in [0.15, 0.2) is 4.99 Å². The molecule has 1 rings (SSSR count). The number of guanidine groups is 1. The van der Waals surface area contributed by atoms with Crippen molar-refractivity contribution in [2.75, 3.05) is 33.7 Å². The molecule has 2 N–H and O–H groups in total. The highest BCUT2D eigenvalue weighted by Gasteiger charge is 2.22. The lowest BCUT2D eigenvalue weighted by atomic mass is 10.1. The van der Waals surface area contributed by atoms with E-state index in [9.17, 15) is 0 Å². The average Bonchev–Trinajstić information content (AvgIpc) is 3.06. The molecule has 0 radical (unpaired) electrons. The number of halogens is 1. The van der Waals surface area contributed by atoms with Crippen LogP contribution in [-0.2, 0) is 0 Å². The molecule has 4 nitrogen and oxygen atoms in total. The van der Waals surface area contributed by atoms with Crippen molar-refractivity contribution < 1.29 is 0 Å². The number of hydrogen-bond acceptors (Lipinski definition) is 2. The van der Waals surface area contributed by atoms with E-state index in [1.807, 2.05) is 0 Å². The number of rotatable bonds is 6. The molecule has 0 aromatic heterocycles. The highest BCUT2D eigenvalue weighted by Crippen LogP contribution is 2.27. The molecule has 0 atom stereocenters. The zero-order valence-corrected chi connectivity index (χ0v) is 14.7. The van der Waals surface area contributed by atoms with Gasteiger partial charge < -0.3 is 15.5 Å². The van der Waals surface area contributed by atoms with Gasteiger partial charge in [-0.05, 0) is 53.6 Å². The van der Waals surface area contributed by atoms with Gasteiger partial charge in [0, 0.05) is 18.6 Å². The molecule has 1 fully saturated rings. The molecule has 0 aliphatic heterocycles. The molecule has 0 bridgehead atoms. The normalized spacial score (nSPS) is 16.4. The first-order chi connectivity index (χ1) is 7.95. The van der Waals surface area contributed by atoms with Crippen LogP contribution in [0.4, 0.5) is 0 Å². The first kappa shape index (κ1) is 18.0. The summed E-state index contributed by atoms with van der Waals surface area (Å²) < 4.78 is 0. The van der Waals surface area contributed by atoms with Gasteiger partial charge in [0.15, 0.2) is 5.96 Å². The number of nitrogens with one attached hydrogen (secondary N) is 2. The van der Waals surface area contributed by atoms with E-state index in [-0.39, 0.29) is 29.5 Å². The van der Waals surface area contributed by atoms with E-state index < -0.39 is 0 Å². The summed E-state index contributed by atoms with van der Waals surface area (Å²) >= 11 is 0. The van der Waals surface area contributed by atoms with Crippen LogP contribution in [0.3, 0.4) is 0 Å². The number of hydrogen-bond donors (Lipinski definition) is 2. The second-order valence-corrected chi connectivity index (χ2v) is 5.73. The monoisotopic (exact) mass is 368 g/mol. The Labute approximate surface area is 129 Å². The number of likely N-dealkylation sites (N-methyl/N-ethyl adjacent to an activating group) is 1. The molecule has 0 aromatic carbocycles. The second-order valence-electron chi connectivity index (χ2n) is 5.73. The third kappa shape index (κ3) is 6.78. The van der Waals surface area contributed by atoms with Crippen molar-refractivity contribution in [3.8, 4) is 0 Å². The van der Waals surface area contributed by atoms with Gasteiger partial charge in [-0.1, -0.05) is 0 Å². The van der Waals surface area contributed by atoms with Crippen LogP contribution < -0.4 is 10.6 Å². The van der Waals surface area contributed by atoms with Gasteiger partial charge in [-0.2, -0.15) is 0 Å². The Morgan fingerprint density at radius 3 is 2.33 bits per heavy atom. The van der Waals surface area contributed by atoms with E-state index in [1.54, 1.807) is 0 Å². The molecule has 0 aromatic rings. The van der Waals surface area contributed by atoms with E-state index in [2.05, 4.69) is 55.4 Å². The maximum absolute atomic E-state index is 4.66. The fourth-order valence-electron chi connectivity index (χ4n) is 1.32. The van der Waals surface area contributed by atoms with Crippen molar-refractivity contribution in [3.05, 3.63) is 0 Å². The Balaban J connectivity index is 0.00000289. The molecule has 0 spiro atoms. The predicted molar refractivity (Wildman–Crippen MR) is 89.9 cm³/mol. The minimum Gasteiger partial charge on any atom is -0.357 e. The van der Waals surface area contributed by atoms with Gasteiger partial charge in [-0.15, -0.1) is 24.0 Å². The standard InChI is InChI=1S/C13H28N4.HI/c1-6-14-12(15-9-11-7-8-11)16-10-13(2,3)17(4)5;/h11H,6-10H2,1-5H3,(H2,14,15,16);1H. The smallest absolute Gasteiger partial charge is 0.191 e. The topological polar surface area (TPSA) is 39.7 Å². The largest absolute Gasteiger partial charge is 0.357 e. The summed E-state index contributed by atoms with van der Waals surface area (Å²) in [5, 5.41) is 6.71. The highest BCUT2D eigenvalue weighted by atomic mass is 127. The SMILES string of the molecule is CCNC(=NCC(C)(C)N(C)C)NCC1CC1.I. The summed E-state index contributed by atoms with van der Waals surface area (Å²) in [6, 6.07) is 0. The van der Waals surface area contributed by atoms with Gasteiger partial charge in [0.1, 0.15) is 0 Å². The molecule has 108 valence electrons. The fraction of sp³-hybridized carbons (Fsp3) is 0.923. The summed E-state index contributed by atoms with van der Waals surface area (Å²) in [5.41, 5.74) is 0.0991. The predicted octanol–water partition coefficient (Wildman–Crippen LogP) is 1.91. The zero-order valence-electron chi connectivity index (χ0n) is 12.4. The fourth-order valence-corrected chi connectivity index (χ4v) is 1.32. The summed E-state index contributed by atoms with van der Waals surface area (Å²) in [6.45, 7) is 9.31. The third-order valence-electron chi connectivity index (χ3n) is 3.43. The lowest BCUT2D eigenvalue weighted by Gasteiger charge is -2.31. The summed E-state index contributed by atoms with van der Waals surface area (Å²) in [4.78, 5) is 6.87. The average molecular weight is 368 g/mol. The maximum atomic E-state index is 4.66. The van der Waals surface area contributed by atoms with Crippen LogP contribution in [0.1, 0.15) is 33.6 Å². The minimum atomic E-state index is 0. The van der Waals surface area contributed by atoms with Crippen LogP contribution in [-0.4, -0.2) is 50.1 Å². The van der Waals surface area contributed by atoms with Gasteiger partial charge in [0.25, 0.3) is 0 Å². The van der Waals surface area contributed by atoms with E-state index >= 15 is 0 Å². The zero-order chi connectivity index (χ0) is 12.9. The molecule has 1 aliphatic carbocycles. The van der Waals surface area contributed by atoms with Crippen molar-refractivity contribution in [3.63, 3.8) is 0 Å². The van der Waals surface area contributed by atoms with Gasteiger partial charge >= 0.3 is 0 Å². The van der Waals surface area contributed by atoms with Crippen LogP contribution in [0.5, 0.6) is 0 Å². The molecular weight excluding hydrogens is 339 g/mol. The van der Waals surface area contributed by atoms with Crippen LogP contribution >= 0.6 is 24.0 Å². The molecular formula is C13H29IN4.